The van der Waals surface area contributed by atoms with E-state index in [2.05, 4.69) is 20.8 Å². The number of carbonyl (C=O) groups is 2. The van der Waals surface area contributed by atoms with Gasteiger partial charge in [0, 0.05) is 19.4 Å². The van der Waals surface area contributed by atoms with E-state index in [-0.39, 0.29) is 11.0 Å². The Hall–Kier alpha value is -3.08. The van der Waals surface area contributed by atoms with Crippen molar-refractivity contribution in [2.75, 3.05) is 0 Å². The van der Waals surface area contributed by atoms with Gasteiger partial charge in [0.15, 0.2) is 0 Å². The maximum Gasteiger partial charge on any atom is 0.348 e. The van der Waals surface area contributed by atoms with Gasteiger partial charge in [0.2, 0.25) is 0 Å². The molecule has 0 aromatic heterocycles. The van der Waals surface area contributed by atoms with Crippen molar-refractivity contribution >= 4 is 18.0 Å². The van der Waals surface area contributed by atoms with E-state index in [9.17, 15) is 9.59 Å². The largest absolute Gasteiger partial charge is 0.457 e. The highest BCUT2D eigenvalue weighted by molar-refractivity contribution is 6.19. The number of rotatable bonds is 3. The van der Waals surface area contributed by atoms with Crippen LogP contribution in [0.15, 0.2) is 54.1 Å². The van der Waals surface area contributed by atoms with Crippen LogP contribution in [0, 0.1) is 0 Å². The molecule has 0 saturated carbocycles. The molecule has 0 N–H and O–H groups in total. The van der Waals surface area contributed by atoms with Crippen LogP contribution in [0.1, 0.15) is 45.7 Å². The lowest BCUT2D eigenvalue weighted by atomic mass is 9.87. The zero-order chi connectivity index (χ0) is 20.5. The Morgan fingerprint density at radius 2 is 1.46 bits per heavy atom. The van der Waals surface area contributed by atoms with Crippen LogP contribution >= 0.6 is 0 Å². The Kier molecular flexibility index (Phi) is 5.02. The Morgan fingerprint density at radius 1 is 0.893 bits per heavy atom. The SMILES string of the molecule is CC1(C)OC(=O)C(=Cc2ccccc2Oc2ccc(C(C)(C)C)cc2)C(=O)O1. The molecule has 2 aromatic rings. The number of hydrogen-bond acceptors (Lipinski definition) is 5. The molecule has 0 amide bonds. The lowest BCUT2D eigenvalue weighted by molar-refractivity contribution is -0.222. The van der Waals surface area contributed by atoms with Crippen LogP contribution in [-0.2, 0) is 24.5 Å². The summed E-state index contributed by atoms with van der Waals surface area (Å²) >= 11 is 0. The third kappa shape index (κ3) is 4.42. The molecule has 0 atom stereocenters. The highest BCUT2D eigenvalue weighted by atomic mass is 16.7. The smallest absolute Gasteiger partial charge is 0.348 e. The predicted molar refractivity (Wildman–Crippen MR) is 106 cm³/mol. The van der Waals surface area contributed by atoms with Gasteiger partial charge in [-0.25, -0.2) is 9.59 Å². The van der Waals surface area contributed by atoms with Crippen molar-refractivity contribution in [2.24, 2.45) is 0 Å². The van der Waals surface area contributed by atoms with Crippen LogP contribution in [-0.4, -0.2) is 17.7 Å². The second-order valence-corrected chi connectivity index (χ2v) is 8.15. The Balaban J connectivity index is 1.88. The summed E-state index contributed by atoms with van der Waals surface area (Å²) < 4.78 is 16.3. The normalized spacial score (nSPS) is 16.2. The molecule has 0 radical (unpaired) electrons. The molecule has 3 rings (SSSR count). The second kappa shape index (κ2) is 7.15. The standard InChI is InChI=1S/C23H24O5/c1-22(2,3)16-10-12-17(13-11-16)26-19-9-7-6-8-15(19)14-18-20(24)27-23(4,5)28-21(18)25/h6-14H,1-5H3. The molecule has 1 fully saturated rings. The van der Waals surface area contributed by atoms with Crippen molar-refractivity contribution in [3.05, 3.63) is 65.2 Å². The van der Waals surface area contributed by atoms with Crippen LogP contribution in [0.3, 0.4) is 0 Å². The minimum absolute atomic E-state index is 0.0519. The summed E-state index contributed by atoms with van der Waals surface area (Å²) in [6.45, 7) is 9.46. The first-order valence-electron chi connectivity index (χ1n) is 9.11. The molecule has 146 valence electrons. The molecule has 1 saturated heterocycles. The van der Waals surface area contributed by atoms with E-state index in [4.69, 9.17) is 14.2 Å². The third-order valence-corrected chi connectivity index (χ3v) is 4.28. The maximum absolute atomic E-state index is 12.2. The zero-order valence-corrected chi connectivity index (χ0v) is 16.7. The van der Waals surface area contributed by atoms with Gasteiger partial charge in [-0.05, 0) is 35.3 Å². The number of esters is 2. The summed E-state index contributed by atoms with van der Waals surface area (Å²) in [4.78, 5) is 24.4. The first kappa shape index (κ1) is 19.7. The number of para-hydroxylation sites is 1. The van der Waals surface area contributed by atoms with Gasteiger partial charge >= 0.3 is 11.9 Å². The first-order chi connectivity index (χ1) is 13.0. The maximum atomic E-state index is 12.2. The minimum atomic E-state index is -1.27. The molecule has 2 aromatic carbocycles. The molecule has 0 spiro atoms. The molecule has 1 heterocycles. The molecule has 5 nitrogen and oxygen atoms in total. The quantitative estimate of drug-likeness (QED) is 0.426. The highest BCUT2D eigenvalue weighted by Crippen LogP contribution is 2.31. The van der Waals surface area contributed by atoms with Gasteiger partial charge in [-0.15, -0.1) is 0 Å². The lowest BCUT2D eigenvalue weighted by Gasteiger charge is -2.29. The fraction of sp³-hybridized carbons (Fsp3) is 0.304. The van der Waals surface area contributed by atoms with Crippen molar-refractivity contribution in [2.45, 2.75) is 45.8 Å². The van der Waals surface area contributed by atoms with Crippen molar-refractivity contribution in [3.8, 4) is 11.5 Å². The van der Waals surface area contributed by atoms with E-state index in [1.54, 1.807) is 18.2 Å². The predicted octanol–water partition coefficient (Wildman–Crippen LogP) is 5.00. The molecule has 28 heavy (non-hydrogen) atoms. The van der Waals surface area contributed by atoms with E-state index < -0.39 is 17.7 Å². The van der Waals surface area contributed by atoms with Crippen molar-refractivity contribution < 1.29 is 23.8 Å². The molecular weight excluding hydrogens is 356 g/mol. The summed E-state index contributed by atoms with van der Waals surface area (Å²) in [6.07, 6.45) is 1.43. The average Bonchev–Trinajstić information content (AvgIpc) is 2.58. The van der Waals surface area contributed by atoms with Gasteiger partial charge in [-0.2, -0.15) is 0 Å². The number of benzene rings is 2. The number of ether oxygens (including phenoxy) is 3. The molecular formula is C23H24O5. The number of carbonyl (C=O) groups excluding carboxylic acids is 2. The monoisotopic (exact) mass is 380 g/mol. The molecule has 0 unspecified atom stereocenters. The van der Waals surface area contributed by atoms with E-state index in [0.29, 0.717) is 17.1 Å². The summed E-state index contributed by atoms with van der Waals surface area (Å²) in [7, 11) is 0. The van der Waals surface area contributed by atoms with Crippen LogP contribution in [0.5, 0.6) is 11.5 Å². The molecule has 0 aliphatic carbocycles. The number of hydrogen-bond donors (Lipinski definition) is 0. The van der Waals surface area contributed by atoms with Gasteiger partial charge in [-0.3, -0.25) is 0 Å². The van der Waals surface area contributed by atoms with Crippen molar-refractivity contribution in [1.82, 2.24) is 0 Å². The highest BCUT2D eigenvalue weighted by Gasteiger charge is 2.39. The zero-order valence-electron chi connectivity index (χ0n) is 16.7. The van der Waals surface area contributed by atoms with E-state index in [0.717, 1.165) is 0 Å². The summed E-state index contributed by atoms with van der Waals surface area (Å²) in [5.74, 6) is -1.52. The van der Waals surface area contributed by atoms with E-state index >= 15 is 0 Å². The van der Waals surface area contributed by atoms with Crippen molar-refractivity contribution in [1.29, 1.82) is 0 Å². The minimum Gasteiger partial charge on any atom is -0.457 e. The Bertz CT molecular complexity index is 908. The molecule has 1 aliphatic heterocycles. The fourth-order valence-corrected chi connectivity index (χ4v) is 2.78. The lowest BCUT2D eigenvalue weighted by Crippen LogP contribution is -2.41. The molecule has 5 heteroatoms. The Labute approximate surface area is 164 Å². The fourth-order valence-electron chi connectivity index (χ4n) is 2.78. The van der Waals surface area contributed by atoms with Crippen LogP contribution in [0.4, 0.5) is 0 Å². The van der Waals surface area contributed by atoms with Crippen LogP contribution in [0.2, 0.25) is 0 Å². The van der Waals surface area contributed by atoms with Gasteiger partial charge in [-0.1, -0.05) is 51.1 Å². The molecule has 1 aliphatic rings. The van der Waals surface area contributed by atoms with E-state index in [1.807, 2.05) is 30.3 Å². The van der Waals surface area contributed by atoms with Crippen molar-refractivity contribution in [3.63, 3.8) is 0 Å². The average molecular weight is 380 g/mol. The topological polar surface area (TPSA) is 61.8 Å². The van der Waals surface area contributed by atoms with Gasteiger partial charge in [0.05, 0.1) is 0 Å². The van der Waals surface area contributed by atoms with Gasteiger partial charge in [0.1, 0.15) is 17.1 Å². The van der Waals surface area contributed by atoms with Crippen LogP contribution in [0.25, 0.3) is 6.08 Å². The number of cyclic esters (lactones) is 2. The molecule has 0 bridgehead atoms. The Morgan fingerprint density at radius 3 is 2.04 bits per heavy atom. The third-order valence-electron chi connectivity index (χ3n) is 4.28. The van der Waals surface area contributed by atoms with E-state index in [1.165, 1.54) is 25.5 Å². The second-order valence-electron chi connectivity index (χ2n) is 8.15. The first-order valence-corrected chi connectivity index (χ1v) is 9.11. The summed E-state index contributed by atoms with van der Waals surface area (Å²) in [5.41, 5.74) is 1.66. The van der Waals surface area contributed by atoms with Crippen LogP contribution < -0.4 is 4.74 Å². The van der Waals surface area contributed by atoms with Gasteiger partial charge in [0.25, 0.3) is 5.79 Å². The summed E-state index contributed by atoms with van der Waals surface area (Å²) in [6, 6.07) is 15.0. The summed E-state index contributed by atoms with van der Waals surface area (Å²) in [5, 5.41) is 0. The van der Waals surface area contributed by atoms with Gasteiger partial charge < -0.3 is 14.2 Å².